The van der Waals surface area contributed by atoms with Crippen LogP contribution >= 0.6 is 0 Å². The van der Waals surface area contributed by atoms with Crippen molar-refractivity contribution in [1.82, 2.24) is 20.4 Å². The number of allylic oxidation sites excluding steroid dienone is 3. The molecule has 4 aliphatic rings. The number of rotatable bonds is 11. The Kier molecular flexibility index (Phi) is 11.8. The molecule has 1 unspecified atom stereocenters. The fraction of sp³-hybridized carbons (Fsp3) is 0.381. The molecule has 1 atom stereocenters. The molecular weight excluding hydrogens is 667 g/mol. The number of amides is 3. The molecule has 0 aromatic heterocycles. The van der Waals surface area contributed by atoms with Gasteiger partial charge < -0.3 is 30.1 Å². The highest BCUT2D eigenvalue weighted by Crippen LogP contribution is 2.29. The maximum atomic E-state index is 13.2. The largest absolute Gasteiger partial charge is 0.494 e. The lowest BCUT2D eigenvalue weighted by molar-refractivity contribution is -0.134. The first-order valence-electron chi connectivity index (χ1n) is 18.5. The molecule has 53 heavy (non-hydrogen) atoms. The third kappa shape index (κ3) is 9.08. The summed E-state index contributed by atoms with van der Waals surface area (Å²) >= 11 is 0. The van der Waals surface area contributed by atoms with Crippen molar-refractivity contribution in [2.24, 2.45) is 4.99 Å². The number of hydrogen-bond acceptors (Lipinski definition) is 9. The number of carbonyl (C=O) groups is 3. The summed E-state index contributed by atoms with van der Waals surface area (Å²) in [7, 11) is 0. The van der Waals surface area contributed by atoms with E-state index in [4.69, 9.17) is 4.74 Å². The molecule has 0 saturated carbocycles. The van der Waals surface area contributed by atoms with Gasteiger partial charge in [0.15, 0.2) is 0 Å². The maximum absolute atomic E-state index is 13.2. The summed E-state index contributed by atoms with van der Waals surface area (Å²) in [5, 5.41) is 9.18. The number of carbonyl (C=O) groups excluding carboxylic acids is 3. The predicted molar refractivity (Wildman–Crippen MR) is 210 cm³/mol. The lowest BCUT2D eigenvalue weighted by Crippen LogP contribution is -2.49. The first-order valence-corrected chi connectivity index (χ1v) is 18.5. The Labute approximate surface area is 312 Å². The number of ether oxygens (including phenoxy) is 1. The normalized spacial score (nSPS) is 20.1. The first-order chi connectivity index (χ1) is 25.6. The van der Waals surface area contributed by atoms with Crippen LogP contribution in [-0.4, -0.2) is 86.2 Å². The van der Waals surface area contributed by atoms with E-state index in [0.29, 0.717) is 44.8 Å². The highest BCUT2D eigenvalue weighted by molar-refractivity contribution is 6.01. The van der Waals surface area contributed by atoms with E-state index >= 15 is 0 Å². The Hall–Kier alpha value is -5.58. The van der Waals surface area contributed by atoms with Crippen molar-refractivity contribution in [3.05, 3.63) is 119 Å². The topological polar surface area (TPSA) is 119 Å². The second-order valence-corrected chi connectivity index (χ2v) is 14.1. The van der Waals surface area contributed by atoms with Crippen molar-refractivity contribution in [2.45, 2.75) is 52.4 Å². The van der Waals surface area contributed by atoms with Gasteiger partial charge in [-0.1, -0.05) is 37.4 Å². The van der Waals surface area contributed by atoms with Crippen LogP contribution in [0, 0.1) is 0 Å². The molecule has 0 aliphatic carbocycles. The van der Waals surface area contributed by atoms with Crippen LogP contribution in [0.15, 0.2) is 112 Å². The molecule has 3 amide bonds. The Morgan fingerprint density at radius 3 is 2.40 bits per heavy atom. The van der Waals surface area contributed by atoms with Crippen molar-refractivity contribution >= 4 is 35.3 Å². The van der Waals surface area contributed by atoms with Gasteiger partial charge in [-0.05, 0) is 91.8 Å². The van der Waals surface area contributed by atoms with E-state index in [2.05, 4.69) is 57.7 Å². The molecule has 2 aromatic rings. The molecule has 2 saturated heterocycles. The summed E-state index contributed by atoms with van der Waals surface area (Å²) in [6.07, 6.45) is 5.96. The van der Waals surface area contributed by atoms with E-state index in [9.17, 15) is 14.4 Å². The van der Waals surface area contributed by atoms with Crippen LogP contribution in [0.4, 0.5) is 11.4 Å². The standard InChI is InChI=1S/C42H51N7O4/c1-6-38(29(3)41-30(4)53-24-18-43-41)49-19-17-34(28(2)27-49)26-44-31(5)45-35-11-7-32(8-12-35)25-40(51)48-22-20-47(21-23-48)36-13-9-33(10-14-36)37-15-16-39(50)46-42(37)52/h6-14,26,37,43,45H,1,5,15-25,27H2,2-4H3,(H,46,50,52)/b38-29+,44-26-. The summed E-state index contributed by atoms with van der Waals surface area (Å²) in [6, 6.07) is 15.9. The quantitative estimate of drug-likeness (QED) is 0.161. The molecule has 0 radical (unpaired) electrons. The van der Waals surface area contributed by atoms with Crippen molar-refractivity contribution in [1.29, 1.82) is 0 Å². The van der Waals surface area contributed by atoms with Gasteiger partial charge in [-0.2, -0.15) is 0 Å². The number of anilines is 2. The number of benzene rings is 2. The summed E-state index contributed by atoms with van der Waals surface area (Å²) < 4.78 is 5.77. The van der Waals surface area contributed by atoms with Gasteiger partial charge in [-0.15, -0.1) is 0 Å². The Morgan fingerprint density at radius 1 is 1.00 bits per heavy atom. The minimum Gasteiger partial charge on any atom is -0.494 e. The lowest BCUT2D eigenvalue weighted by atomic mass is 9.90. The van der Waals surface area contributed by atoms with Crippen LogP contribution in [0.3, 0.4) is 0 Å². The summed E-state index contributed by atoms with van der Waals surface area (Å²) in [4.78, 5) is 48.1. The zero-order chi connectivity index (χ0) is 37.5. The zero-order valence-electron chi connectivity index (χ0n) is 31.2. The average molecular weight is 718 g/mol. The van der Waals surface area contributed by atoms with Crippen molar-refractivity contribution in [3.63, 3.8) is 0 Å². The number of imide groups is 1. The molecule has 4 heterocycles. The molecular formula is C42H51N7O4. The molecule has 6 rings (SSSR count). The minimum atomic E-state index is -0.289. The highest BCUT2D eigenvalue weighted by Gasteiger charge is 2.28. The Morgan fingerprint density at radius 2 is 1.74 bits per heavy atom. The summed E-state index contributed by atoms with van der Waals surface area (Å²) in [5.41, 5.74) is 9.57. The maximum Gasteiger partial charge on any atom is 0.234 e. The van der Waals surface area contributed by atoms with Crippen LogP contribution in [0.1, 0.15) is 57.1 Å². The molecule has 0 spiro atoms. The van der Waals surface area contributed by atoms with E-state index in [-0.39, 0.29) is 23.6 Å². The smallest absolute Gasteiger partial charge is 0.234 e. The molecule has 3 N–H and O–H groups in total. The number of hydrogen-bond donors (Lipinski definition) is 3. The number of nitrogens with zero attached hydrogens (tertiary/aromatic N) is 4. The van der Waals surface area contributed by atoms with Gasteiger partial charge in [-0.25, -0.2) is 4.99 Å². The molecule has 2 fully saturated rings. The number of piperidine rings is 1. The average Bonchev–Trinajstić information content (AvgIpc) is 3.16. The van der Waals surface area contributed by atoms with E-state index in [1.807, 2.05) is 72.6 Å². The zero-order valence-corrected chi connectivity index (χ0v) is 31.2. The Balaban J connectivity index is 0.953. The van der Waals surface area contributed by atoms with Crippen molar-refractivity contribution < 1.29 is 19.1 Å². The van der Waals surface area contributed by atoms with Crippen LogP contribution in [0.25, 0.3) is 0 Å². The summed E-state index contributed by atoms with van der Waals surface area (Å²) in [6.45, 7) is 20.4. The van der Waals surface area contributed by atoms with Gasteiger partial charge in [0.1, 0.15) is 18.2 Å². The van der Waals surface area contributed by atoms with Crippen LogP contribution in [0.2, 0.25) is 0 Å². The molecule has 4 aliphatic heterocycles. The predicted octanol–water partition coefficient (Wildman–Crippen LogP) is 5.39. The molecule has 0 bridgehead atoms. The van der Waals surface area contributed by atoms with E-state index < -0.39 is 0 Å². The number of aliphatic imine (C=N–C) groups is 1. The van der Waals surface area contributed by atoms with Crippen molar-refractivity contribution in [3.8, 4) is 0 Å². The monoisotopic (exact) mass is 717 g/mol. The second-order valence-electron chi connectivity index (χ2n) is 14.1. The van der Waals surface area contributed by atoms with Gasteiger partial charge in [0.05, 0.1) is 18.0 Å². The van der Waals surface area contributed by atoms with Gasteiger partial charge in [0, 0.05) is 75.5 Å². The first kappa shape index (κ1) is 37.2. The lowest BCUT2D eigenvalue weighted by Gasteiger charge is -2.36. The summed E-state index contributed by atoms with van der Waals surface area (Å²) in [5.74, 6) is 0.858. The van der Waals surface area contributed by atoms with Crippen LogP contribution < -0.4 is 20.9 Å². The Bertz CT molecular complexity index is 1870. The fourth-order valence-corrected chi connectivity index (χ4v) is 7.43. The van der Waals surface area contributed by atoms with Crippen LogP contribution in [-0.2, 0) is 25.5 Å². The van der Waals surface area contributed by atoms with E-state index in [1.54, 1.807) is 0 Å². The minimum absolute atomic E-state index is 0.111. The highest BCUT2D eigenvalue weighted by atomic mass is 16.5. The van der Waals surface area contributed by atoms with Gasteiger partial charge in [0.25, 0.3) is 0 Å². The van der Waals surface area contributed by atoms with E-state index in [0.717, 1.165) is 84.4 Å². The molecule has 2 aromatic carbocycles. The van der Waals surface area contributed by atoms with Gasteiger partial charge >= 0.3 is 0 Å². The van der Waals surface area contributed by atoms with E-state index in [1.165, 1.54) is 11.1 Å². The number of nitrogens with one attached hydrogen (secondary N) is 3. The molecule has 11 heteroatoms. The van der Waals surface area contributed by atoms with Crippen LogP contribution in [0.5, 0.6) is 0 Å². The molecule has 11 nitrogen and oxygen atoms in total. The fourth-order valence-electron chi connectivity index (χ4n) is 7.43. The number of piperazine rings is 1. The van der Waals surface area contributed by atoms with Gasteiger partial charge in [-0.3, -0.25) is 19.7 Å². The van der Waals surface area contributed by atoms with Gasteiger partial charge in [0.2, 0.25) is 17.7 Å². The third-order valence-corrected chi connectivity index (χ3v) is 10.5. The van der Waals surface area contributed by atoms with Crippen molar-refractivity contribution in [2.75, 3.05) is 62.6 Å². The SMILES string of the molecule is C=C/C(=C(/C)C1=C(C)OCCN1)N1CCC(/C=N\C(=C)Nc2ccc(CC(=O)N3CCN(c4ccc(C5CCC(=O)NC5=O)cc4)CC3)cc2)=C(C)C1. The third-order valence-electron chi connectivity index (χ3n) is 10.5. The second kappa shape index (κ2) is 16.8. The molecule has 278 valence electrons.